The van der Waals surface area contributed by atoms with Gasteiger partial charge in [-0.05, 0) is 32.6 Å². The number of anilines is 1. The molecule has 2 N–H and O–H groups in total. The summed E-state index contributed by atoms with van der Waals surface area (Å²) in [5.41, 5.74) is 0.860. The standard InChI is InChI=1S/C9H15N3O2S/c1-6-7(9(13)14)8(15-11-6)10-4-5-12(2)3/h10H,4-5H2,1-3H3,(H,13,14). The number of aromatic nitrogens is 1. The third-order valence-corrected chi connectivity index (χ3v) is 2.82. The van der Waals surface area contributed by atoms with Crippen LogP contribution in [0.3, 0.4) is 0 Å². The van der Waals surface area contributed by atoms with Crippen molar-refractivity contribution in [3.63, 3.8) is 0 Å². The maximum Gasteiger partial charge on any atom is 0.340 e. The second kappa shape index (κ2) is 5.09. The first kappa shape index (κ1) is 11.9. The van der Waals surface area contributed by atoms with Gasteiger partial charge in [0.15, 0.2) is 0 Å². The Kier molecular flexibility index (Phi) is 4.05. The van der Waals surface area contributed by atoms with E-state index < -0.39 is 5.97 Å². The van der Waals surface area contributed by atoms with Crippen LogP contribution >= 0.6 is 11.5 Å². The second-order valence-corrected chi connectivity index (χ2v) is 4.28. The van der Waals surface area contributed by atoms with Gasteiger partial charge in [-0.2, -0.15) is 4.37 Å². The molecule has 0 spiro atoms. The quantitative estimate of drug-likeness (QED) is 0.792. The molecule has 0 atom stereocenters. The van der Waals surface area contributed by atoms with Crippen LogP contribution in [0.1, 0.15) is 16.1 Å². The average molecular weight is 229 g/mol. The molecule has 0 aromatic carbocycles. The number of carboxylic acid groups (broad SMARTS) is 1. The third-order valence-electron chi connectivity index (χ3n) is 1.92. The summed E-state index contributed by atoms with van der Waals surface area (Å²) in [5.74, 6) is -0.923. The van der Waals surface area contributed by atoms with Gasteiger partial charge in [0.25, 0.3) is 0 Å². The SMILES string of the molecule is Cc1nsc(NCCN(C)C)c1C(=O)O. The van der Waals surface area contributed by atoms with Crippen LogP contribution in [0.15, 0.2) is 0 Å². The highest BCUT2D eigenvalue weighted by Crippen LogP contribution is 2.23. The predicted octanol–water partition coefficient (Wildman–Crippen LogP) is 1.12. The molecule has 6 heteroatoms. The maximum atomic E-state index is 10.9. The minimum Gasteiger partial charge on any atom is -0.478 e. The van der Waals surface area contributed by atoms with Crippen molar-refractivity contribution >= 4 is 22.5 Å². The van der Waals surface area contributed by atoms with E-state index in [9.17, 15) is 4.79 Å². The lowest BCUT2D eigenvalue weighted by Gasteiger charge is -2.10. The molecule has 1 rings (SSSR count). The van der Waals surface area contributed by atoms with Gasteiger partial charge in [-0.1, -0.05) is 0 Å². The average Bonchev–Trinajstić information content (AvgIpc) is 2.46. The van der Waals surface area contributed by atoms with Crippen molar-refractivity contribution < 1.29 is 9.90 Å². The van der Waals surface area contributed by atoms with Crippen molar-refractivity contribution in [1.29, 1.82) is 0 Å². The summed E-state index contributed by atoms with van der Waals surface area (Å²) < 4.78 is 4.02. The Morgan fingerprint density at radius 2 is 2.27 bits per heavy atom. The molecule has 0 radical (unpaired) electrons. The number of carboxylic acids is 1. The highest BCUT2D eigenvalue weighted by molar-refractivity contribution is 7.10. The Hall–Kier alpha value is -1.14. The molecule has 0 bridgehead atoms. The van der Waals surface area contributed by atoms with E-state index in [1.54, 1.807) is 6.92 Å². The van der Waals surface area contributed by atoms with Crippen LogP contribution < -0.4 is 5.32 Å². The van der Waals surface area contributed by atoms with Crippen LogP contribution in [0.2, 0.25) is 0 Å². The molecular weight excluding hydrogens is 214 g/mol. The number of aryl methyl sites for hydroxylation is 1. The minimum atomic E-state index is -0.923. The highest BCUT2D eigenvalue weighted by atomic mass is 32.1. The summed E-state index contributed by atoms with van der Waals surface area (Å²) in [4.78, 5) is 12.9. The third kappa shape index (κ3) is 3.17. The van der Waals surface area contributed by atoms with Gasteiger partial charge < -0.3 is 15.3 Å². The van der Waals surface area contributed by atoms with Gasteiger partial charge in [0.2, 0.25) is 0 Å². The molecule has 5 nitrogen and oxygen atoms in total. The molecule has 1 aromatic rings. The van der Waals surface area contributed by atoms with Gasteiger partial charge in [0.1, 0.15) is 10.6 Å². The number of nitrogens with zero attached hydrogens (tertiary/aromatic N) is 2. The smallest absolute Gasteiger partial charge is 0.340 e. The summed E-state index contributed by atoms with van der Waals surface area (Å²) in [7, 11) is 3.94. The van der Waals surface area contributed by atoms with Crippen molar-refractivity contribution in [3.05, 3.63) is 11.3 Å². The molecule has 1 aromatic heterocycles. The fourth-order valence-electron chi connectivity index (χ4n) is 1.14. The summed E-state index contributed by atoms with van der Waals surface area (Å²) >= 11 is 1.20. The second-order valence-electron chi connectivity index (χ2n) is 3.51. The lowest BCUT2D eigenvalue weighted by molar-refractivity contribution is 0.0697. The van der Waals surface area contributed by atoms with Gasteiger partial charge in [-0.15, -0.1) is 0 Å². The van der Waals surface area contributed by atoms with Crippen LogP contribution in [0, 0.1) is 6.92 Å². The lowest BCUT2D eigenvalue weighted by Crippen LogP contribution is -2.21. The van der Waals surface area contributed by atoms with Gasteiger partial charge >= 0.3 is 5.97 Å². The van der Waals surface area contributed by atoms with E-state index in [1.165, 1.54) is 11.5 Å². The topological polar surface area (TPSA) is 65.5 Å². The first-order chi connectivity index (χ1) is 7.02. The van der Waals surface area contributed by atoms with E-state index in [1.807, 2.05) is 19.0 Å². The summed E-state index contributed by atoms with van der Waals surface area (Å²) in [5, 5.41) is 12.7. The maximum absolute atomic E-state index is 10.9. The van der Waals surface area contributed by atoms with Crippen molar-refractivity contribution in [2.24, 2.45) is 0 Å². The molecular formula is C9H15N3O2S. The van der Waals surface area contributed by atoms with Crippen molar-refractivity contribution in [2.75, 3.05) is 32.5 Å². The molecule has 0 aliphatic carbocycles. The van der Waals surface area contributed by atoms with Gasteiger partial charge in [0, 0.05) is 13.1 Å². The molecule has 1 heterocycles. The van der Waals surface area contributed by atoms with E-state index in [4.69, 9.17) is 5.11 Å². The summed E-state index contributed by atoms with van der Waals surface area (Å²) in [6, 6.07) is 0. The Bertz CT molecular complexity index is 349. The van der Waals surface area contributed by atoms with Crippen LogP contribution in [-0.4, -0.2) is 47.5 Å². The van der Waals surface area contributed by atoms with E-state index in [0.717, 1.165) is 13.1 Å². The highest BCUT2D eigenvalue weighted by Gasteiger charge is 2.16. The fourth-order valence-corrected chi connectivity index (χ4v) is 1.95. The van der Waals surface area contributed by atoms with Crippen LogP contribution in [0.4, 0.5) is 5.00 Å². The van der Waals surface area contributed by atoms with Gasteiger partial charge in [-0.25, -0.2) is 4.79 Å². The molecule has 0 amide bonds. The number of aromatic carboxylic acids is 1. The number of hydrogen-bond donors (Lipinski definition) is 2. The van der Waals surface area contributed by atoms with Crippen LogP contribution in [-0.2, 0) is 0 Å². The normalized spacial score (nSPS) is 10.7. The Morgan fingerprint density at radius 3 is 2.80 bits per heavy atom. The number of hydrogen-bond acceptors (Lipinski definition) is 5. The van der Waals surface area contributed by atoms with Crippen LogP contribution in [0.5, 0.6) is 0 Å². The summed E-state index contributed by atoms with van der Waals surface area (Å²) in [6.07, 6.45) is 0. The molecule has 0 fully saturated rings. The van der Waals surface area contributed by atoms with E-state index in [-0.39, 0.29) is 0 Å². The summed E-state index contributed by atoms with van der Waals surface area (Å²) in [6.45, 7) is 3.28. The van der Waals surface area contributed by atoms with Crippen LogP contribution in [0.25, 0.3) is 0 Å². The molecule has 0 saturated carbocycles. The number of rotatable bonds is 5. The molecule has 0 unspecified atom stereocenters. The number of likely N-dealkylation sites (N-methyl/N-ethyl adjacent to an activating group) is 1. The van der Waals surface area contributed by atoms with Gasteiger partial charge in [-0.3, -0.25) is 0 Å². The minimum absolute atomic E-state index is 0.291. The van der Waals surface area contributed by atoms with E-state index in [0.29, 0.717) is 16.3 Å². The molecule has 0 aliphatic heterocycles. The molecule has 84 valence electrons. The van der Waals surface area contributed by atoms with Crippen molar-refractivity contribution in [2.45, 2.75) is 6.92 Å². The zero-order chi connectivity index (χ0) is 11.4. The first-order valence-electron chi connectivity index (χ1n) is 4.60. The number of nitrogens with one attached hydrogen (secondary N) is 1. The lowest BCUT2D eigenvalue weighted by atomic mass is 10.2. The first-order valence-corrected chi connectivity index (χ1v) is 5.38. The fraction of sp³-hybridized carbons (Fsp3) is 0.556. The number of carbonyl (C=O) groups is 1. The molecule has 0 aliphatic rings. The molecule has 0 saturated heterocycles. The van der Waals surface area contributed by atoms with Crippen molar-refractivity contribution in [3.8, 4) is 0 Å². The monoisotopic (exact) mass is 229 g/mol. The Morgan fingerprint density at radius 1 is 1.60 bits per heavy atom. The molecule has 15 heavy (non-hydrogen) atoms. The van der Waals surface area contributed by atoms with E-state index in [2.05, 4.69) is 9.69 Å². The Labute approximate surface area is 92.9 Å². The zero-order valence-corrected chi connectivity index (χ0v) is 9.89. The zero-order valence-electron chi connectivity index (χ0n) is 9.07. The predicted molar refractivity (Wildman–Crippen MR) is 60.9 cm³/mol. The van der Waals surface area contributed by atoms with Crippen molar-refractivity contribution in [1.82, 2.24) is 9.27 Å². The van der Waals surface area contributed by atoms with Gasteiger partial charge in [0.05, 0.1) is 5.69 Å². The largest absolute Gasteiger partial charge is 0.478 e. The Balaban J connectivity index is 2.65. The van der Waals surface area contributed by atoms with E-state index >= 15 is 0 Å².